The molecular formula is C45H70Br2O10. The largest absolute Gasteiger partial charge is 0.465 e. The van der Waals surface area contributed by atoms with E-state index in [0.717, 1.165) is 44.9 Å². The molecule has 0 aromatic heterocycles. The first-order valence-electron chi connectivity index (χ1n) is 20.5. The maximum absolute atomic E-state index is 14.1. The number of esters is 5. The van der Waals surface area contributed by atoms with Gasteiger partial charge in [-0.15, -0.1) is 0 Å². The molecule has 0 radical (unpaired) electrons. The molecule has 1 fully saturated rings. The second-order valence-electron chi connectivity index (χ2n) is 19.1. The molecule has 12 heteroatoms. The molecule has 1 saturated carbocycles. The van der Waals surface area contributed by atoms with Crippen LogP contribution in [0.5, 0.6) is 11.5 Å². The van der Waals surface area contributed by atoms with Gasteiger partial charge in [0.1, 0.15) is 17.6 Å². The summed E-state index contributed by atoms with van der Waals surface area (Å²) in [4.78, 5) is 68.2. The average molecular weight is 931 g/mol. The molecule has 2 atom stereocenters. The summed E-state index contributed by atoms with van der Waals surface area (Å²) in [6, 6.07) is 4.24. The molecule has 0 heterocycles. The lowest BCUT2D eigenvalue weighted by molar-refractivity contribution is -0.158. The van der Waals surface area contributed by atoms with E-state index in [9.17, 15) is 24.0 Å². The fourth-order valence-corrected chi connectivity index (χ4v) is 6.81. The van der Waals surface area contributed by atoms with Crippen molar-refractivity contribution in [2.24, 2.45) is 33.5 Å². The molecule has 1 aliphatic rings. The topological polar surface area (TPSA) is 132 Å². The number of benzene rings is 1. The maximum Gasteiger partial charge on any atom is 0.338 e. The highest BCUT2D eigenvalue weighted by molar-refractivity contribution is 9.10. The van der Waals surface area contributed by atoms with Crippen molar-refractivity contribution in [2.75, 3.05) is 13.2 Å². The van der Waals surface area contributed by atoms with E-state index in [4.69, 9.17) is 23.7 Å². The fraction of sp³-hybridized carbons (Fsp3) is 0.756. The van der Waals surface area contributed by atoms with Crippen LogP contribution >= 0.6 is 31.9 Å². The monoisotopic (exact) mass is 928 g/mol. The van der Waals surface area contributed by atoms with Crippen molar-refractivity contribution in [1.82, 2.24) is 0 Å². The molecule has 2 unspecified atom stereocenters. The molecule has 1 aromatic carbocycles. The van der Waals surface area contributed by atoms with E-state index < -0.39 is 60.1 Å². The standard InChI is InChI=1S/C45H70Br2O10/c1-15-17-22-53-36(49)33(44(11,12)46)27-40(3,4)42(7,8)38(51)56-31-24-29(35(48)55-30-20-19-21-30)25-32(26-31)57-39(52)43(9,10)41(5,6)28-34(45(13,14)47)37(50)54-23-18-16-2/h24-26,30,33-34H,15-23,27-28H2,1-14H3. The molecule has 57 heavy (non-hydrogen) atoms. The number of carbonyl (C=O) groups excluding carboxylic acids is 5. The smallest absolute Gasteiger partial charge is 0.338 e. The van der Waals surface area contributed by atoms with E-state index in [0.29, 0.717) is 26.1 Å². The van der Waals surface area contributed by atoms with Crippen molar-refractivity contribution in [3.8, 4) is 11.5 Å². The Hall–Kier alpha value is -2.47. The highest BCUT2D eigenvalue weighted by atomic mass is 79.9. The van der Waals surface area contributed by atoms with Gasteiger partial charge < -0.3 is 23.7 Å². The van der Waals surface area contributed by atoms with E-state index in [-0.39, 0.29) is 35.1 Å². The number of halogens is 2. The molecule has 1 aliphatic carbocycles. The van der Waals surface area contributed by atoms with Gasteiger partial charge in [-0.3, -0.25) is 19.2 Å². The van der Waals surface area contributed by atoms with E-state index >= 15 is 0 Å². The zero-order chi connectivity index (χ0) is 43.8. The van der Waals surface area contributed by atoms with E-state index in [2.05, 4.69) is 31.9 Å². The van der Waals surface area contributed by atoms with Gasteiger partial charge in [-0.25, -0.2) is 4.79 Å². The van der Waals surface area contributed by atoms with Gasteiger partial charge in [0.05, 0.1) is 41.4 Å². The zero-order valence-corrected chi connectivity index (χ0v) is 40.3. The van der Waals surface area contributed by atoms with Gasteiger partial charge in [0.25, 0.3) is 0 Å². The Morgan fingerprint density at radius 1 is 0.632 bits per heavy atom. The Morgan fingerprint density at radius 2 is 1.00 bits per heavy atom. The van der Waals surface area contributed by atoms with Crippen molar-refractivity contribution in [1.29, 1.82) is 0 Å². The van der Waals surface area contributed by atoms with Gasteiger partial charge in [0, 0.05) is 14.7 Å². The molecule has 10 nitrogen and oxygen atoms in total. The van der Waals surface area contributed by atoms with Gasteiger partial charge in [0.2, 0.25) is 0 Å². The number of alkyl halides is 2. The summed E-state index contributed by atoms with van der Waals surface area (Å²) >= 11 is 7.36. The Labute approximate surface area is 359 Å². The summed E-state index contributed by atoms with van der Waals surface area (Å²) in [5.41, 5.74) is -3.78. The third-order valence-electron chi connectivity index (χ3n) is 12.4. The van der Waals surface area contributed by atoms with Crippen LogP contribution in [0.25, 0.3) is 0 Å². The molecule has 0 bridgehead atoms. The highest BCUT2D eigenvalue weighted by Crippen LogP contribution is 2.49. The quantitative estimate of drug-likeness (QED) is 0.0364. The fourth-order valence-electron chi connectivity index (χ4n) is 6.12. The van der Waals surface area contributed by atoms with Crippen molar-refractivity contribution in [3.05, 3.63) is 23.8 Å². The van der Waals surface area contributed by atoms with Crippen LogP contribution < -0.4 is 9.47 Å². The first kappa shape index (κ1) is 50.7. The normalized spacial score (nSPS) is 15.5. The minimum absolute atomic E-state index is 0.000857. The number of ether oxygens (including phenoxy) is 5. The minimum atomic E-state index is -1.14. The first-order chi connectivity index (χ1) is 26.0. The summed E-state index contributed by atoms with van der Waals surface area (Å²) in [6.07, 6.45) is 6.18. The molecule has 0 spiro atoms. The Morgan fingerprint density at radius 3 is 1.30 bits per heavy atom. The van der Waals surface area contributed by atoms with Crippen LogP contribution in [-0.2, 0) is 33.4 Å². The van der Waals surface area contributed by atoms with Crippen LogP contribution in [0.1, 0.15) is 165 Å². The summed E-state index contributed by atoms with van der Waals surface area (Å²) in [5, 5.41) is 0. The summed E-state index contributed by atoms with van der Waals surface area (Å²) in [5.74, 6) is -3.64. The lowest BCUT2D eigenvalue weighted by atomic mass is 9.62. The number of carbonyl (C=O) groups is 5. The number of unbranched alkanes of at least 4 members (excludes halogenated alkanes) is 2. The van der Waals surface area contributed by atoms with Crippen LogP contribution in [-0.4, -0.2) is 57.8 Å². The predicted octanol–water partition coefficient (Wildman–Crippen LogP) is 11.4. The molecule has 0 saturated heterocycles. The van der Waals surface area contributed by atoms with Crippen molar-refractivity contribution >= 4 is 61.7 Å². The van der Waals surface area contributed by atoms with Crippen LogP contribution in [0.15, 0.2) is 18.2 Å². The number of hydrogen-bond acceptors (Lipinski definition) is 10. The van der Waals surface area contributed by atoms with Gasteiger partial charge in [-0.05, 0) is 123 Å². The maximum atomic E-state index is 14.1. The van der Waals surface area contributed by atoms with Crippen molar-refractivity contribution < 1.29 is 47.7 Å². The first-order valence-corrected chi connectivity index (χ1v) is 22.1. The highest BCUT2D eigenvalue weighted by Gasteiger charge is 2.51. The molecule has 1 aromatic rings. The van der Waals surface area contributed by atoms with Gasteiger partial charge in [0.15, 0.2) is 0 Å². The van der Waals surface area contributed by atoms with Gasteiger partial charge >= 0.3 is 29.8 Å². The minimum Gasteiger partial charge on any atom is -0.465 e. The van der Waals surface area contributed by atoms with Crippen LogP contribution in [0.3, 0.4) is 0 Å². The number of hydrogen-bond donors (Lipinski definition) is 0. The van der Waals surface area contributed by atoms with Gasteiger partial charge in [-0.2, -0.15) is 0 Å². The average Bonchev–Trinajstić information content (AvgIpc) is 3.06. The molecule has 324 valence electrons. The Balaban J connectivity index is 2.46. The summed E-state index contributed by atoms with van der Waals surface area (Å²) in [6.45, 7) is 27.0. The zero-order valence-electron chi connectivity index (χ0n) is 37.1. The lowest BCUT2D eigenvalue weighted by Gasteiger charge is -2.43. The molecule has 0 aliphatic heterocycles. The van der Waals surface area contributed by atoms with Crippen LogP contribution in [0, 0.1) is 33.5 Å². The van der Waals surface area contributed by atoms with Crippen LogP contribution in [0.2, 0.25) is 0 Å². The Bertz CT molecular complexity index is 1460. The summed E-state index contributed by atoms with van der Waals surface area (Å²) < 4.78 is 27.7. The van der Waals surface area contributed by atoms with Crippen LogP contribution in [0.4, 0.5) is 0 Å². The second-order valence-corrected chi connectivity index (χ2v) is 23.2. The Kier molecular flexibility index (Phi) is 18.0. The molecule has 0 N–H and O–H groups in total. The predicted molar refractivity (Wildman–Crippen MR) is 230 cm³/mol. The molecule has 2 rings (SSSR count). The van der Waals surface area contributed by atoms with E-state index in [1.165, 1.54) is 18.2 Å². The summed E-state index contributed by atoms with van der Waals surface area (Å²) in [7, 11) is 0. The van der Waals surface area contributed by atoms with Crippen molar-refractivity contribution in [2.45, 2.75) is 169 Å². The second kappa shape index (κ2) is 20.2. The lowest BCUT2D eigenvalue weighted by Crippen LogP contribution is -2.46. The van der Waals surface area contributed by atoms with E-state index in [1.54, 1.807) is 27.7 Å². The van der Waals surface area contributed by atoms with Gasteiger partial charge in [-0.1, -0.05) is 86.2 Å². The third-order valence-corrected chi connectivity index (χ3v) is 13.5. The third kappa shape index (κ3) is 13.8. The molecule has 0 amide bonds. The van der Waals surface area contributed by atoms with Crippen molar-refractivity contribution in [3.63, 3.8) is 0 Å². The van der Waals surface area contributed by atoms with E-state index in [1.807, 2.05) is 69.2 Å². The number of rotatable bonds is 22. The SMILES string of the molecule is CCCCOC(=O)C(CC(C)(C)C(C)(C)C(=O)Oc1cc(OC(=O)C(C)(C)C(C)(C)CC(C(=O)OCCCC)C(C)(C)Br)cc(C(=O)OC2CCC2)c1)C(C)(C)Br. The molecular weight excluding hydrogens is 860 g/mol.